The quantitative estimate of drug-likeness (QED) is 0.773. The van der Waals surface area contributed by atoms with Crippen molar-refractivity contribution in [2.45, 2.75) is 20.0 Å². The molecule has 2 heterocycles. The van der Waals surface area contributed by atoms with Crippen molar-refractivity contribution < 1.29 is 4.79 Å². The van der Waals surface area contributed by atoms with Gasteiger partial charge in [-0.15, -0.1) is 11.3 Å². The average Bonchev–Trinajstić information content (AvgIpc) is 3.16. The maximum Gasteiger partial charge on any atom is 0.307 e. The SMILES string of the molecule is Cc1csc(=O)n1CC(=O)NCc1csc(-c2ccccc2)n1. The molecule has 1 amide bonds. The monoisotopic (exact) mass is 345 g/mol. The molecule has 118 valence electrons. The van der Waals surface area contributed by atoms with Crippen LogP contribution < -0.4 is 10.2 Å². The van der Waals surface area contributed by atoms with Crippen LogP contribution in [0.25, 0.3) is 10.6 Å². The summed E-state index contributed by atoms with van der Waals surface area (Å²) in [6.45, 7) is 2.22. The molecule has 3 aromatic rings. The van der Waals surface area contributed by atoms with Crippen LogP contribution in [0.2, 0.25) is 0 Å². The van der Waals surface area contributed by atoms with Crippen LogP contribution in [0.3, 0.4) is 0 Å². The van der Waals surface area contributed by atoms with Gasteiger partial charge >= 0.3 is 4.87 Å². The summed E-state index contributed by atoms with van der Waals surface area (Å²) in [4.78, 5) is 28.0. The molecule has 1 N–H and O–H groups in total. The Balaban J connectivity index is 1.60. The number of aromatic nitrogens is 2. The zero-order chi connectivity index (χ0) is 16.2. The molecule has 23 heavy (non-hydrogen) atoms. The molecule has 5 nitrogen and oxygen atoms in total. The van der Waals surface area contributed by atoms with E-state index in [1.54, 1.807) is 16.7 Å². The number of nitrogens with zero attached hydrogens (tertiary/aromatic N) is 2. The predicted molar refractivity (Wildman–Crippen MR) is 92.7 cm³/mol. The average molecular weight is 345 g/mol. The van der Waals surface area contributed by atoms with Crippen LogP contribution >= 0.6 is 22.7 Å². The van der Waals surface area contributed by atoms with Gasteiger partial charge in [-0.3, -0.25) is 14.2 Å². The molecule has 7 heteroatoms. The molecule has 0 unspecified atom stereocenters. The Morgan fingerprint density at radius 2 is 2.00 bits per heavy atom. The number of amides is 1. The highest BCUT2D eigenvalue weighted by molar-refractivity contribution is 7.13. The molecule has 3 rings (SSSR count). The minimum absolute atomic E-state index is 0.0455. The van der Waals surface area contributed by atoms with Gasteiger partial charge in [0.1, 0.15) is 11.6 Å². The second kappa shape index (κ2) is 6.89. The normalized spacial score (nSPS) is 10.7. The minimum atomic E-state index is -0.192. The number of aryl methyl sites for hydroxylation is 1. The lowest BCUT2D eigenvalue weighted by Gasteiger charge is -2.05. The maximum atomic E-state index is 12.0. The first-order valence-corrected chi connectivity index (χ1v) is 8.81. The number of hydrogen-bond donors (Lipinski definition) is 1. The Morgan fingerprint density at radius 3 is 2.70 bits per heavy atom. The first-order chi connectivity index (χ1) is 11.1. The first kappa shape index (κ1) is 15.6. The van der Waals surface area contributed by atoms with Crippen molar-refractivity contribution in [2.24, 2.45) is 0 Å². The van der Waals surface area contributed by atoms with Gasteiger partial charge in [-0.05, 0) is 6.92 Å². The summed E-state index contributed by atoms with van der Waals surface area (Å²) in [7, 11) is 0. The smallest absolute Gasteiger partial charge is 0.307 e. The Hall–Kier alpha value is -2.25. The highest BCUT2D eigenvalue weighted by Gasteiger charge is 2.09. The second-order valence-electron chi connectivity index (χ2n) is 5.02. The van der Waals surface area contributed by atoms with Crippen molar-refractivity contribution in [3.05, 3.63) is 62.1 Å². The fourth-order valence-electron chi connectivity index (χ4n) is 2.09. The van der Waals surface area contributed by atoms with Crippen LogP contribution in [-0.4, -0.2) is 15.5 Å². The van der Waals surface area contributed by atoms with E-state index < -0.39 is 0 Å². The van der Waals surface area contributed by atoms with E-state index in [-0.39, 0.29) is 17.3 Å². The highest BCUT2D eigenvalue weighted by Crippen LogP contribution is 2.23. The van der Waals surface area contributed by atoms with Crippen molar-refractivity contribution in [2.75, 3.05) is 0 Å². The van der Waals surface area contributed by atoms with E-state index in [9.17, 15) is 9.59 Å². The third kappa shape index (κ3) is 3.75. The van der Waals surface area contributed by atoms with Crippen molar-refractivity contribution in [3.8, 4) is 10.6 Å². The summed E-state index contributed by atoms with van der Waals surface area (Å²) in [5, 5.41) is 7.42. The van der Waals surface area contributed by atoms with E-state index in [0.29, 0.717) is 6.54 Å². The molecular formula is C16H15N3O2S2. The second-order valence-corrected chi connectivity index (χ2v) is 6.69. The van der Waals surface area contributed by atoms with Crippen LogP contribution in [0.15, 0.2) is 45.9 Å². The number of carbonyl (C=O) groups excluding carboxylic acids is 1. The van der Waals surface area contributed by atoms with Gasteiger partial charge in [-0.2, -0.15) is 0 Å². The number of carbonyl (C=O) groups is 1. The largest absolute Gasteiger partial charge is 0.349 e. The van der Waals surface area contributed by atoms with E-state index in [1.165, 1.54) is 4.57 Å². The molecule has 0 aliphatic heterocycles. The first-order valence-electron chi connectivity index (χ1n) is 7.05. The van der Waals surface area contributed by atoms with Crippen LogP contribution in [-0.2, 0) is 17.9 Å². The number of benzene rings is 1. The van der Waals surface area contributed by atoms with Crippen LogP contribution in [0, 0.1) is 6.92 Å². The summed E-state index contributed by atoms with van der Waals surface area (Å²) in [5.41, 5.74) is 2.68. The van der Waals surface area contributed by atoms with Crippen molar-refractivity contribution in [3.63, 3.8) is 0 Å². The summed E-state index contributed by atoms with van der Waals surface area (Å²) in [5.74, 6) is -0.192. The van der Waals surface area contributed by atoms with Gasteiger partial charge < -0.3 is 5.32 Å². The fourth-order valence-corrected chi connectivity index (χ4v) is 3.65. The molecule has 0 saturated heterocycles. The van der Waals surface area contributed by atoms with E-state index >= 15 is 0 Å². The summed E-state index contributed by atoms with van der Waals surface area (Å²) in [6.07, 6.45) is 0. The number of thiazole rings is 2. The third-order valence-electron chi connectivity index (χ3n) is 3.32. The molecule has 0 atom stereocenters. The summed E-state index contributed by atoms with van der Waals surface area (Å²) >= 11 is 2.65. The van der Waals surface area contributed by atoms with Gasteiger partial charge in [0.05, 0.1) is 12.2 Å². The molecule has 0 aliphatic rings. The minimum Gasteiger partial charge on any atom is -0.349 e. The molecule has 0 saturated carbocycles. The van der Waals surface area contributed by atoms with Crippen LogP contribution in [0.5, 0.6) is 0 Å². The van der Waals surface area contributed by atoms with Gasteiger partial charge in [-0.1, -0.05) is 41.7 Å². The predicted octanol–water partition coefficient (Wildman–Crippen LogP) is 2.66. The molecule has 1 aromatic carbocycles. The Labute approximate surface area is 141 Å². The molecular weight excluding hydrogens is 330 g/mol. The third-order valence-corrected chi connectivity index (χ3v) is 5.14. The molecule has 2 aromatic heterocycles. The van der Waals surface area contributed by atoms with E-state index in [0.717, 1.165) is 33.3 Å². The van der Waals surface area contributed by atoms with E-state index in [2.05, 4.69) is 10.3 Å². The van der Waals surface area contributed by atoms with Crippen molar-refractivity contribution in [1.29, 1.82) is 0 Å². The van der Waals surface area contributed by atoms with Gasteiger partial charge in [0.25, 0.3) is 0 Å². The lowest BCUT2D eigenvalue weighted by Crippen LogP contribution is -2.30. The zero-order valence-electron chi connectivity index (χ0n) is 12.5. The highest BCUT2D eigenvalue weighted by atomic mass is 32.1. The number of hydrogen-bond acceptors (Lipinski definition) is 5. The molecule has 0 bridgehead atoms. The lowest BCUT2D eigenvalue weighted by atomic mass is 10.2. The standard InChI is InChI=1S/C16H15N3O2S2/c1-11-9-23-16(21)19(11)8-14(20)17-7-13-10-22-15(18-13)12-5-3-2-4-6-12/h2-6,9-10H,7-8H2,1H3,(H,17,20). The Morgan fingerprint density at radius 1 is 1.22 bits per heavy atom. The maximum absolute atomic E-state index is 12.0. The van der Waals surface area contributed by atoms with E-state index in [4.69, 9.17) is 0 Å². The van der Waals surface area contributed by atoms with Crippen LogP contribution in [0.4, 0.5) is 0 Å². The lowest BCUT2D eigenvalue weighted by molar-refractivity contribution is -0.121. The van der Waals surface area contributed by atoms with Gasteiger partial charge in [0.2, 0.25) is 5.91 Å². The Bertz CT molecular complexity index is 865. The number of nitrogens with one attached hydrogen (secondary N) is 1. The Kier molecular flexibility index (Phi) is 4.68. The molecule has 0 radical (unpaired) electrons. The van der Waals surface area contributed by atoms with Gasteiger partial charge in [-0.25, -0.2) is 4.98 Å². The zero-order valence-corrected chi connectivity index (χ0v) is 14.1. The summed E-state index contributed by atoms with van der Waals surface area (Å²) < 4.78 is 1.47. The molecule has 0 spiro atoms. The fraction of sp³-hybridized carbons (Fsp3) is 0.188. The molecule has 0 fully saturated rings. The topological polar surface area (TPSA) is 64.0 Å². The molecule has 0 aliphatic carbocycles. The van der Waals surface area contributed by atoms with Crippen molar-refractivity contribution in [1.82, 2.24) is 14.9 Å². The van der Waals surface area contributed by atoms with Crippen LogP contribution in [0.1, 0.15) is 11.4 Å². The van der Waals surface area contributed by atoms with Crippen molar-refractivity contribution >= 4 is 28.6 Å². The summed E-state index contributed by atoms with van der Waals surface area (Å²) in [6, 6.07) is 9.92. The van der Waals surface area contributed by atoms with Gasteiger partial charge in [0.15, 0.2) is 0 Å². The van der Waals surface area contributed by atoms with Gasteiger partial charge in [0, 0.05) is 22.0 Å². The van der Waals surface area contributed by atoms with E-state index in [1.807, 2.05) is 42.6 Å². The number of rotatable bonds is 5.